The summed E-state index contributed by atoms with van der Waals surface area (Å²) in [6, 6.07) is 16.4. The molecule has 2 aromatic carbocycles. The van der Waals surface area contributed by atoms with Gasteiger partial charge in [0.1, 0.15) is 5.82 Å². The second kappa shape index (κ2) is 7.91. The van der Waals surface area contributed by atoms with Gasteiger partial charge in [0, 0.05) is 16.8 Å². The third-order valence-electron chi connectivity index (χ3n) is 6.78. The maximum atomic E-state index is 14.0. The number of hydrogen-bond acceptors (Lipinski definition) is 4. The van der Waals surface area contributed by atoms with Crippen molar-refractivity contribution in [2.45, 2.75) is 26.7 Å². The molecule has 2 N–H and O–H groups in total. The first kappa shape index (κ1) is 21.8. The van der Waals surface area contributed by atoms with Crippen molar-refractivity contribution in [2.75, 3.05) is 5.01 Å². The van der Waals surface area contributed by atoms with Crippen LogP contribution in [0.5, 0.6) is 0 Å². The van der Waals surface area contributed by atoms with Crippen molar-refractivity contribution in [3.05, 3.63) is 111 Å². The fourth-order valence-electron chi connectivity index (χ4n) is 5.17. The van der Waals surface area contributed by atoms with Crippen LogP contribution in [0.1, 0.15) is 45.1 Å². The highest BCUT2D eigenvalue weighted by Crippen LogP contribution is 2.37. The van der Waals surface area contributed by atoms with E-state index in [0.29, 0.717) is 16.9 Å². The molecule has 2 aliphatic rings. The van der Waals surface area contributed by atoms with Crippen LogP contribution in [0.2, 0.25) is 0 Å². The Hall–Kier alpha value is -4.72. The summed E-state index contributed by atoms with van der Waals surface area (Å²) in [7, 11) is 0. The SMILES string of the molecule is Cc1cc2c3n1C(c1ccccc1)=CN(n1c(C)nc4cc(C(N)=O)ccc4c1=O)C(=O)C3=CCC2. The molecule has 0 radical (unpaired) electrons. The Morgan fingerprint density at radius 1 is 1.03 bits per heavy atom. The molecule has 0 fully saturated rings. The first-order valence-electron chi connectivity index (χ1n) is 11.7. The van der Waals surface area contributed by atoms with Crippen molar-refractivity contribution in [3.8, 4) is 0 Å². The molecule has 3 heterocycles. The van der Waals surface area contributed by atoms with Crippen molar-refractivity contribution in [1.29, 1.82) is 0 Å². The van der Waals surface area contributed by atoms with Crippen LogP contribution in [0.15, 0.2) is 71.7 Å². The van der Waals surface area contributed by atoms with Gasteiger partial charge in [-0.1, -0.05) is 36.4 Å². The van der Waals surface area contributed by atoms with Crippen LogP contribution in [-0.4, -0.2) is 26.0 Å². The van der Waals surface area contributed by atoms with Crippen LogP contribution >= 0.6 is 0 Å². The first-order chi connectivity index (χ1) is 17.3. The van der Waals surface area contributed by atoms with Crippen LogP contribution in [0.4, 0.5) is 0 Å². The summed E-state index contributed by atoms with van der Waals surface area (Å²) in [5, 5.41) is 1.65. The number of nitrogens with zero attached hydrogens (tertiary/aromatic N) is 4. The predicted molar refractivity (Wildman–Crippen MR) is 138 cm³/mol. The second-order valence-electron chi connectivity index (χ2n) is 9.05. The molecular formula is C28H23N5O3. The topological polar surface area (TPSA) is 103 Å². The largest absolute Gasteiger partial charge is 0.366 e. The maximum Gasteiger partial charge on any atom is 0.280 e. The van der Waals surface area contributed by atoms with E-state index in [1.165, 1.54) is 27.9 Å². The van der Waals surface area contributed by atoms with Gasteiger partial charge in [0.25, 0.3) is 11.5 Å². The van der Waals surface area contributed by atoms with E-state index in [-0.39, 0.29) is 16.9 Å². The highest BCUT2D eigenvalue weighted by Gasteiger charge is 2.34. The number of fused-ring (bicyclic) bond motifs is 1. The summed E-state index contributed by atoms with van der Waals surface area (Å²) in [6.07, 6.45) is 5.25. The van der Waals surface area contributed by atoms with Crippen LogP contribution in [0.3, 0.4) is 0 Å². The Balaban J connectivity index is 1.65. The zero-order valence-electron chi connectivity index (χ0n) is 19.9. The Labute approximate surface area is 206 Å². The van der Waals surface area contributed by atoms with E-state index in [4.69, 9.17) is 5.73 Å². The third kappa shape index (κ3) is 3.15. The average Bonchev–Trinajstić information content (AvgIpc) is 3.14. The Kier molecular flexibility index (Phi) is 4.79. The van der Waals surface area contributed by atoms with E-state index in [1.807, 2.05) is 43.3 Å². The van der Waals surface area contributed by atoms with E-state index in [0.717, 1.165) is 41.1 Å². The molecule has 36 heavy (non-hydrogen) atoms. The molecule has 2 amide bonds. The lowest BCUT2D eigenvalue weighted by atomic mass is 9.96. The van der Waals surface area contributed by atoms with Gasteiger partial charge in [0.2, 0.25) is 5.91 Å². The molecule has 178 valence electrons. The maximum absolute atomic E-state index is 14.0. The van der Waals surface area contributed by atoms with Gasteiger partial charge in [-0.2, -0.15) is 4.68 Å². The smallest absolute Gasteiger partial charge is 0.280 e. The van der Waals surface area contributed by atoms with Crippen LogP contribution in [-0.2, 0) is 11.2 Å². The number of aromatic nitrogens is 3. The van der Waals surface area contributed by atoms with Gasteiger partial charge in [-0.05, 0) is 56.5 Å². The fraction of sp³-hybridized carbons (Fsp3) is 0.143. The molecule has 6 rings (SSSR count). The van der Waals surface area contributed by atoms with Gasteiger partial charge in [-0.25, -0.2) is 9.99 Å². The normalized spacial score (nSPS) is 14.8. The Morgan fingerprint density at radius 3 is 2.56 bits per heavy atom. The van der Waals surface area contributed by atoms with Gasteiger partial charge in [0.05, 0.1) is 34.1 Å². The van der Waals surface area contributed by atoms with Gasteiger partial charge < -0.3 is 10.3 Å². The molecule has 0 atom stereocenters. The van der Waals surface area contributed by atoms with Gasteiger partial charge in [-0.15, -0.1) is 0 Å². The van der Waals surface area contributed by atoms with Crippen molar-refractivity contribution in [1.82, 2.24) is 14.2 Å². The number of nitrogens with two attached hydrogens (primary N) is 1. The average molecular weight is 478 g/mol. The monoisotopic (exact) mass is 477 g/mol. The van der Waals surface area contributed by atoms with Crippen molar-refractivity contribution in [2.24, 2.45) is 5.73 Å². The zero-order chi connectivity index (χ0) is 25.1. The van der Waals surface area contributed by atoms with Crippen molar-refractivity contribution < 1.29 is 9.59 Å². The third-order valence-corrected chi connectivity index (χ3v) is 6.78. The molecule has 4 aromatic rings. The number of benzene rings is 2. The molecule has 0 saturated carbocycles. The minimum absolute atomic E-state index is 0.262. The summed E-state index contributed by atoms with van der Waals surface area (Å²) in [5.74, 6) is -0.594. The highest BCUT2D eigenvalue weighted by molar-refractivity contribution is 6.26. The molecular weight excluding hydrogens is 454 g/mol. The van der Waals surface area contributed by atoms with E-state index < -0.39 is 11.5 Å². The number of rotatable bonds is 3. The van der Waals surface area contributed by atoms with E-state index >= 15 is 0 Å². The highest BCUT2D eigenvalue weighted by atomic mass is 16.2. The molecule has 2 aromatic heterocycles. The molecule has 8 nitrogen and oxygen atoms in total. The molecule has 1 aliphatic carbocycles. The molecule has 8 heteroatoms. The number of allylic oxidation sites excluding steroid dienone is 1. The lowest BCUT2D eigenvalue weighted by molar-refractivity contribution is -0.114. The standard InChI is InChI=1S/C28H23N5O3/c1-16-13-19-9-6-10-22-25(19)32(16)24(18-7-4-3-5-8-18)15-31(27(22)35)33-17(2)30-23-14-20(26(29)34)11-12-21(23)28(33)36/h3-5,7-8,10-15H,6,9H2,1-2H3,(H2,29,34). The van der Waals surface area contributed by atoms with E-state index in [2.05, 4.69) is 15.6 Å². The van der Waals surface area contributed by atoms with Crippen LogP contribution in [0, 0.1) is 13.8 Å². The number of amides is 2. The molecule has 0 saturated heterocycles. The fourth-order valence-corrected chi connectivity index (χ4v) is 5.17. The summed E-state index contributed by atoms with van der Waals surface area (Å²) in [5.41, 5.74) is 10.8. The van der Waals surface area contributed by atoms with E-state index in [9.17, 15) is 14.4 Å². The summed E-state index contributed by atoms with van der Waals surface area (Å²) >= 11 is 0. The summed E-state index contributed by atoms with van der Waals surface area (Å²) in [6.45, 7) is 3.69. The van der Waals surface area contributed by atoms with E-state index in [1.54, 1.807) is 13.1 Å². The molecule has 0 bridgehead atoms. The van der Waals surface area contributed by atoms with Gasteiger partial charge >= 0.3 is 0 Å². The van der Waals surface area contributed by atoms with Gasteiger partial charge in [-0.3, -0.25) is 14.4 Å². The molecule has 1 aliphatic heterocycles. The number of hydrogen-bond donors (Lipinski definition) is 1. The second-order valence-corrected chi connectivity index (χ2v) is 9.05. The number of carbonyl (C=O) groups is 2. The van der Waals surface area contributed by atoms with Crippen molar-refractivity contribution in [3.63, 3.8) is 0 Å². The molecule has 0 unspecified atom stereocenters. The lowest BCUT2D eigenvalue weighted by Gasteiger charge is -2.23. The summed E-state index contributed by atoms with van der Waals surface area (Å²) < 4.78 is 3.40. The molecule has 0 spiro atoms. The Morgan fingerprint density at radius 2 is 1.81 bits per heavy atom. The minimum Gasteiger partial charge on any atom is -0.366 e. The predicted octanol–water partition coefficient (Wildman–Crippen LogP) is 3.27. The summed E-state index contributed by atoms with van der Waals surface area (Å²) in [4.78, 5) is 44.0. The first-order valence-corrected chi connectivity index (χ1v) is 11.7. The van der Waals surface area contributed by atoms with Crippen LogP contribution < -0.4 is 16.3 Å². The zero-order valence-corrected chi connectivity index (χ0v) is 19.9. The number of aryl methyl sites for hydroxylation is 3. The van der Waals surface area contributed by atoms with Crippen molar-refractivity contribution >= 4 is 34.0 Å². The van der Waals surface area contributed by atoms with Crippen LogP contribution in [0.25, 0.3) is 22.2 Å². The number of primary amides is 1. The lowest BCUT2D eigenvalue weighted by Crippen LogP contribution is -2.44. The van der Waals surface area contributed by atoms with Gasteiger partial charge in [0.15, 0.2) is 0 Å². The quantitative estimate of drug-likeness (QED) is 0.489. The Bertz CT molecular complexity index is 1720. The minimum atomic E-state index is -0.601. The number of carbonyl (C=O) groups excluding carboxylic acids is 2.